The predicted octanol–water partition coefficient (Wildman–Crippen LogP) is 1.33. The van der Waals surface area contributed by atoms with E-state index in [0.29, 0.717) is 11.2 Å². The minimum atomic E-state index is 0.625. The third kappa shape index (κ3) is 0.673. The monoisotopic (exact) mass is 133 g/mol. The number of rotatable bonds is 0. The Balaban J connectivity index is 2.86. The first kappa shape index (κ1) is 5.41. The van der Waals surface area contributed by atoms with Gasteiger partial charge in [0.25, 0.3) is 6.39 Å². The van der Waals surface area contributed by atoms with Gasteiger partial charge in [-0.1, -0.05) is 0 Å². The van der Waals surface area contributed by atoms with Gasteiger partial charge in [-0.15, -0.1) is 0 Å². The summed E-state index contributed by atoms with van der Waals surface area (Å²) in [4.78, 5) is 7.88. The zero-order valence-corrected chi connectivity index (χ0v) is 5.46. The van der Waals surface area contributed by atoms with Gasteiger partial charge in [0.2, 0.25) is 0 Å². The molecule has 0 aliphatic carbocycles. The molecule has 3 nitrogen and oxygen atoms in total. The summed E-state index contributed by atoms with van der Waals surface area (Å²) in [7, 11) is 0. The molecule has 0 saturated heterocycles. The van der Waals surface area contributed by atoms with E-state index in [1.165, 1.54) is 0 Å². The van der Waals surface area contributed by atoms with Gasteiger partial charge in [-0.2, -0.15) is 4.98 Å². The van der Waals surface area contributed by atoms with Crippen LogP contribution in [0.15, 0.2) is 16.5 Å². The van der Waals surface area contributed by atoms with Gasteiger partial charge < -0.3 is 4.42 Å². The van der Waals surface area contributed by atoms with E-state index in [1.54, 1.807) is 0 Å². The van der Waals surface area contributed by atoms with Crippen LogP contribution in [-0.2, 0) is 0 Å². The number of nitrogens with zero attached hydrogens (tertiary/aromatic N) is 2. The molecule has 0 spiro atoms. The summed E-state index contributed by atoms with van der Waals surface area (Å²) in [5.74, 6) is 0. The Morgan fingerprint density at radius 2 is 2.40 bits per heavy atom. The highest BCUT2D eigenvalue weighted by Crippen LogP contribution is 2.08. The van der Waals surface area contributed by atoms with Crippen molar-refractivity contribution in [2.45, 2.75) is 6.92 Å². The number of oxazole rings is 1. The smallest absolute Gasteiger partial charge is 0.286 e. The van der Waals surface area contributed by atoms with Gasteiger partial charge in [0, 0.05) is 5.69 Å². The van der Waals surface area contributed by atoms with Crippen LogP contribution in [0.4, 0.5) is 0 Å². The summed E-state index contributed by atoms with van der Waals surface area (Å²) in [6.45, 7) is 1.91. The second-order valence-electron chi connectivity index (χ2n) is 2.08. The number of pyridine rings is 1. The van der Waals surface area contributed by atoms with Crippen LogP contribution in [0.5, 0.6) is 0 Å². The Bertz CT molecular complexity index is 353. The van der Waals surface area contributed by atoms with Crippen LogP contribution in [0.3, 0.4) is 0 Å². The van der Waals surface area contributed by atoms with Gasteiger partial charge in [0.1, 0.15) is 0 Å². The van der Waals surface area contributed by atoms with Crippen molar-refractivity contribution in [3.8, 4) is 0 Å². The largest absolute Gasteiger partial charge is 0.431 e. The van der Waals surface area contributed by atoms with Gasteiger partial charge in [0.05, 0.1) is 0 Å². The third-order valence-electron chi connectivity index (χ3n) is 1.29. The lowest BCUT2D eigenvalue weighted by molar-refractivity contribution is 0.591. The summed E-state index contributed by atoms with van der Waals surface area (Å²) >= 11 is 0. The summed E-state index contributed by atoms with van der Waals surface area (Å²) in [6.07, 6.45) is 2.38. The van der Waals surface area contributed by atoms with Crippen LogP contribution >= 0.6 is 0 Å². The van der Waals surface area contributed by atoms with Gasteiger partial charge in [-0.25, -0.2) is 4.98 Å². The lowest BCUT2D eigenvalue weighted by Crippen LogP contribution is -1.79. The zero-order valence-electron chi connectivity index (χ0n) is 5.46. The van der Waals surface area contributed by atoms with Crippen molar-refractivity contribution in [1.29, 1.82) is 0 Å². The maximum Gasteiger partial charge on any atom is 0.286 e. The summed E-state index contributed by atoms with van der Waals surface area (Å²) < 4.78 is 4.87. The minimum Gasteiger partial charge on any atom is -0.431 e. The van der Waals surface area contributed by atoms with E-state index in [2.05, 4.69) is 16.4 Å². The summed E-state index contributed by atoms with van der Waals surface area (Å²) in [5.41, 5.74) is 2.25. The van der Waals surface area contributed by atoms with E-state index in [-0.39, 0.29) is 0 Å². The van der Waals surface area contributed by atoms with E-state index in [4.69, 9.17) is 4.42 Å². The number of aromatic nitrogens is 2. The van der Waals surface area contributed by atoms with E-state index >= 15 is 0 Å². The molecular weight excluding hydrogens is 128 g/mol. The van der Waals surface area contributed by atoms with Crippen LogP contribution in [0.1, 0.15) is 5.69 Å². The molecule has 2 aromatic heterocycles. The second kappa shape index (κ2) is 1.80. The molecule has 0 atom stereocenters. The van der Waals surface area contributed by atoms with Crippen LogP contribution in [0, 0.1) is 13.3 Å². The molecule has 0 N–H and O–H groups in total. The zero-order chi connectivity index (χ0) is 6.97. The molecule has 2 rings (SSSR count). The van der Waals surface area contributed by atoms with Crippen molar-refractivity contribution in [2.24, 2.45) is 0 Å². The lowest BCUT2D eigenvalue weighted by atomic mass is 10.4. The average molecular weight is 133 g/mol. The molecule has 2 aromatic rings. The fourth-order valence-electron chi connectivity index (χ4n) is 0.805. The first-order chi connectivity index (χ1) is 4.86. The number of hydrogen-bond donors (Lipinski definition) is 0. The number of fused-ring (bicyclic) bond motifs is 1. The SMILES string of the molecule is Cc1ccc2o[c]nc2n1. The summed E-state index contributed by atoms with van der Waals surface area (Å²) in [5, 5.41) is 0. The summed E-state index contributed by atoms with van der Waals surface area (Å²) in [6, 6.07) is 3.71. The highest BCUT2D eigenvalue weighted by molar-refractivity contribution is 5.66. The molecular formula is C7H5N2O. The molecule has 0 aromatic carbocycles. The molecule has 0 unspecified atom stereocenters. The van der Waals surface area contributed by atoms with Crippen molar-refractivity contribution < 1.29 is 4.42 Å². The fourth-order valence-corrected chi connectivity index (χ4v) is 0.805. The highest BCUT2D eigenvalue weighted by atomic mass is 16.3. The quantitative estimate of drug-likeness (QED) is 0.544. The molecule has 3 heteroatoms. The van der Waals surface area contributed by atoms with Crippen LogP contribution in [-0.4, -0.2) is 9.97 Å². The molecule has 0 bridgehead atoms. The Labute approximate surface area is 57.7 Å². The Morgan fingerprint density at radius 1 is 1.50 bits per heavy atom. The highest BCUT2D eigenvalue weighted by Gasteiger charge is 1.97. The first-order valence-electron chi connectivity index (χ1n) is 2.96. The van der Waals surface area contributed by atoms with Gasteiger partial charge >= 0.3 is 0 Å². The van der Waals surface area contributed by atoms with E-state index in [1.807, 2.05) is 19.1 Å². The van der Waals surface area contributed by atoms with Gasteiger partial charge in [0.15, 0.2) is 11.2 Å². The Morgan fingerprint density at radius 3 is 3.30 bits per heavy atom. The van der Waals surface area contributed by atoms with Crippen LogP contribution < -0.4 is 0 Å². The fraction of sp³-hybridized carbons (Fsp3) is 0.143. The normalized spacial score (nSPS) is 10.5. The molecule has 49 valence electrons. The van der Waals surface area contributed by atoms with Crippen molar-refractivity contribution >= 4 is 11.2 Å². The van der Waals surface area contributed by atoms with Crippen molar-refractivity contribution in [2.75, 3.05) is 0 Å². The minimum absolute atomic E-state index is 0.625. The van der Waals surface area contributed by atoms with Gasteiger partial charge in [-0.3, -0.25) is 0 Å². The number of hydrogen-bond acceptors (Lipinski definition) is 3. The molecule has 0 aliphatic heterocycles. The Kier molecular flexibility index (Phi) is 0.974. The average Bonchev–Trinajstić information content (AvgIpc) is 2.33. The van der Waals surface area contributed by atoms with E-state index in [0.717, 1.165) is 5.69 Å². The molecule has 2 heterocycles. The molecule has 0 amide bonds. The maximum atomic E-state index is 4.87. The second-order valence-corrected chi connectivity index (χ2v) is 2.08. The molecule has 10 heavy (non-hydrogen) atoms. The van der Waals surface area contributed by atoms with E-state index < -0.39 is 0 Å². The molecule has 0 fully saturated rings. The topological polar surface area (TPSA) is 38.9 Å². The van der Waals surface area contributed by atoms with Crippen LogP contribution in [0.2, 0.25) is 0 Å². The first-order valence-corrected chi connectivity index (χ1v) is 2.96. The standard InChI is InChI=1S/C7H5N2O/c1-5-2-3-6-7(9-5)8-4-10-6/h2-3H,1H3. The maximum absolute atomic E-state index is 4.87. The van der Waals surface area contributed by atoms with E-state index in [9.17, 15) is 0 Å². The molecule has 0 aliphatic rings. The number of aryl methyl sites for hydroxylation is 1. The van der Waals surface area contributed by atoms with Gasteiger partial charge in [-0.05, 0) is 19.1 Å². The van der Waals surface area contributed by atoms with Crippen molar-refractivity contribution in [1.82, 2.24) is 9.97 Å². The predicted molar refractivity (Wildman–Crippen MR) is 35.4 cm³/mol. The lowest BCUT2D eigenvalue weighted by Gasteiger charge is -1.86. The Hall–Kier alpha value is -1.38. The third-order valence-corrected chi connectivity index (χ3v) is 1.29. The molecule has 1 radical (unpaired) electrons. The van der Waals surface area contributed by atoms with Crippen LogP contribution in [0.25, 0.3) is 11.2 Å². The molecule has 0 saturated carbocycles. The van der Waals surface area contributed by atoms with Crippen molar-refractivity contribution in [3.05, 3.63) is 24.2 Å². The van der Waals surface area contributed by atoms with Crippen molar-refractivity contribution in [3.63, 3.8) is 0 Å².